The van der Waals surface area contributed by atoms with Crippen LogP contribution < -0.4 is 5.11 Å². The monoisotopic (exact) mass is 392 g/mol. The quantitative estimate of drug-likeness (QED) is 0.365. The minimum Gasteiger partial charge on any atom is -0.545 e. The summed E-state index contributed by atoms with van der Waals surface area (Å²) in [7, 11) is 0. The first kappa shape index (κ1) is 13.6. The van der Waals surface area contributed by atoms with Crippen molar-refractivity contribution in [2.24, 2.45) is 0 Å². The third-order valence-corrected chi connectivity index (χ3v) is 0.786. The summed E-state index contributed by atoms with van der Waals surface area (Å²) < 4.78 is -1.65. The Morgan fingerprint density at radius 2 is 1.80 bits per heavy atom. The molecule has 6 heteroatoms. The van der Waals surface area contributed by atoms with Gasteiger partial charge >= 0.3 is 27.3 Å². The maximum absolute atomic E-state index is 9.67. The summed E-state index contributed by atoms with van der Waals surface area (Å²) in [6.45, 7) is 0. The molecule has 0 radical (unpaired) electrons. The van der Waals surface area contributed by atoms with Gasteiger partial charge < -0.3 is 9.90 Å². The van der Waals surface area contributed by atoms with Crippen molar-refractivity contribution in [2.75, 3.05) is 0 Å². The first-order valence-corrected chi connectivity index (χ1v) is 3.02. The molecule has 0 aliphatic rings. The molecule has 0 saturated carbocycles. The fourth-order valence-electron chi connectivity index (χ4n) is 0.163. The van der Waals surface area contributed by atoms with E-state index in [4.69, 9.17) is 34.8 Å². The van der Waals surface area contributed by atoms with Crippen LogP contribution in [0.5, 0.6) is 0 Å². The van der Waals surface area contributed by atoms with Crippen LogP contribution in [0.2, 0.25) is 0 Å². The molecule has 0 aromatic heterocycles. The number of carbonyl (C=O) groups excluding carboxylic acids is 1. The van der Waals surface area contributed by atoms with E-state index < -0.39 is 9.76 Å². The first-order valence-electron chi connectivity index (χ1n) is 1.89. The average Bonchev–Trinajstić information content (AvgIpc) is 1.59. The third kappa shape index (κ3) is 11.8. The van der Waals surface area contributed by atoms with Crippen molar-refractivity contribution in [3.8, 4) is 0 Å². The molecule has 0 bridgehead atoms. The van der Waals surface area contributed by atoms with Gasteiger partial charge in [-0.25, -0.2) is 0 Å². The Bertz CT molecular complexity index is 140. The minimum absolute atomic E-state index is 0. The van der Waals surface area contributed by atoms with Crippen LogP contribution in [0.25, 0.3) is 0 Å². The van der Waals surface area contributed by atoms with Crippen LogP contribution in [0.1, 0.15) is 0 Å². The summed E-state index contributed by atoms with van der Waals surface area (Å²) in [4.78, 5) is 9.67. The fraction of sp³-hybridized carbons (Fsp3) is 0.250. The summed E-state index contributed by atoms with van der Waals surface area (Å²) in [5.41, 5.74) is 0. The first-order chi connectivity index (χ1) is 3.92. The van der Waals surface area contributed by atoms with Gasteiger partial charge in [-0.3, -0.25) is 0 Å². The summed E-state index contributed by atoms with van der Waals surface area (Å²) in [6.07, 6.45) is 1.56. The average molecular weight is 393 g/mol. The van der Waals surface area contributed by atoms with E-state index in [9.17, 15) is 9.90 Å². The fourth-order valence-corrected chi connectivity index (χ4v) is 0.352. The van der Waals surface area contributed by atoms with E-state index in [2.05, 4.69) is 0 Å². The second-order valence-corrected chi connectivity index (χ2v) is 3.56. The molecule has 0 aliphatic carbocycles. The van der Waals surface area contributed by atoms with Crippen LogP contribution in [0.15, 0.2) is 12.2 Å². The molecule has 0 saturated heterocycles. The van der Waals surface area contributed by atoms with Crippen molar-refractivity contribution < 1.29 is 9.90 Å². The van der Waals surface area contributed by atoms with Crippen molar-refractivity contribution in [3.63, 3.8) is 0 Å². The predicted octanol–water partition coefficient (Wildman–Crippen LogP) is 0.282. The Morgan fingerprint density at radius 1 is 1.40 bits per heavy atom. The summed E-state index contributed by atoms with van der Waals surface area (Å²) in [5, 5.41) is 9.67. The van der Waals surface area contributed by atoms with E-state index >= 15 is 0 Å². The van der Waals surface area contributed by atoms with Crippen LogP contribution in [0, 0.1) is 0 Å². The summed E-state index contributed by atoms with van der Waals surface area (Å²) in [6, 6.07) is 0. The maximum Gasteiger partial charge on any atom is 1.00 e. The third-order valence-electron chi connectivity index (χ3n) is 0.408. The van der Waals surface area contributed by atoms with Crippen molar-refractivity contribution in [2.45, 2.75) is 3.79 Å². The molecule has 0 N–H and O–H groups in total. The Kier molecular flexibility index (Phi) is 7.64. The van der Waals surface area contributed by atoms with E-state index in [-0.39, 0.29) is 27.3 Å². The van der Waals surface area contributed by atoms with Gasteiger partial charge in [-0.2, -0.15) is 0 Å². The molecule has 10 heavy (non-hydrogen) atoms. The molecular weight excluding hydrogens is 391 g/mol. The van der Waals surface area contributed by atoms with Crippen LogP contribution in [0.4, 0.5) is 0 Å². The molecule has 0 heterocycles. The van der Waals surface area contributed by atoms with Gasteiger partial charge in [0.2, 0.25) is 3.79 Å². The second-order valence-electron chi connectivity index (χ2n) is 1.19. The zero-order valence-corrected chi connectivity index (χ0v) is 11.4. The number of alkyl halides is 3. The second kappa shape index (κ2) is 5.63. The zero-order valence-electron chi connectivity index (χ0n) is 4.68. The minimum atomic E-state index is -1.65. The number of carboxylic acid groups (broad SMARTS) is 1. The van der Waals surface area contributed by atoms with E-state index in [1.807, 2.05) is 0 Å². The van der Waals surface area contributed by atoms with Gasteiger partial charge in [0.1, 0.15) is 0 Å². The number of allylic oxidation sites excluding steroid dienone is 1. The molecule has 0 aromatic carbocycles. The Balaban J connectivity index is 0. The molecule has 0 atom stereocenters. The SMILES string of the molecule is O=C([O-])C=CC(Cl)(Cl)Cl.[Tl+]. The maximum atomic E-state index is 9.67. The topological polar surface area (TPSA) is 40.1 Å². The molecule has 2 nitrogen and oxygen atoms in total. The van der Waals surface area contributed by atoms with Gasteiger partial charge in [-0.05, 0) is 12.2 Å². The van der Waals surface area contributed by atoms with E-state index in [1.165, 1.54) is 0 Å². The van der Waals surface area contributed by atoms with E-state index in [1.54, 1.807) is 0 Å². The Hall–Kier alpha value is 1.00. The smallest absolute Gasteiger partial charge is 0.545 e. The van der Waals surface area contributed by atoms with Crippen LogP contribution in [0.3, 0.4) is 0 Å². The van der Waals surface area contributed by atoms with Gasteiger partial charge in [0.05, 0.1) is 5.97 Å². The van der Waals surface area contributed by atoms with Crippen molar-refractivity contribution in [3.05, 3.63) is 12.2 Å². The molecule has 0 spiro atoms. The number of hydrogen-bond acceptors (Lipinski definition) is 2. The van der Waals surface area contributed by atoms with Crippen molar-refractivity contribution >= 4 is 68.1 Å². The molecular formula is C4H2Cl3O2Tl. The molecule has 0 aromatic rings. The standard InChI is InChI=1S/C4H3Cl3O2.Tl/c5-4(6,7)2-1-3(8)9;/h1-2H,(H,8,9);/q;+1/p-1. The van der Waals surface area contributed by atoms with Crippen LogP contribution in [-0.4, -0.2) is 37.1 Å². The molecule has 0 aliphatic heterocycles. The molecule has 0 unspecified atom stereocenters. The number of aliphatic carboxylic acids is 1. The van der Waals surface area contributed by atoms with Crippen molar-refractivity contribution in [1.29, 1.82) is 0 Å². The van der Waals surface area contributed by atoms with Gasteiger partial charge in [-0.1, -0.05) is 34.8 Å². The van der Waals surface area contributed by atoms with Gasteiger partial charge in [0.15, 0.2) is 0 Å². The van der Waals surface area contributed by atoms with Gasteiger partial charge in [0, 0.05) is 0 Å². The Labute approximate surface area is 93.3 Å². The number of halogens is 3. The Morgan fingerprint density at radius 3 is 1.90 bits per heavy atom. The zero-order chi connectivity index (χ0) is 7.49. The summed E-state index contributed by atoms with van der Waals surface area (Å²) >= 11 is 15.4. The van der Waals surface area contributed by atoms with Crippen LogP contribution in [-0.2, 0) is 4.79 Å². The van der Waals surface area contributed by atoms with E-state index in [0.717, 1.165) is 6.08 Å². The molecule has 0 amide bonds. The van der Waals surface area contributed by atoms with Crippen LogP contribution >= 0.6 is 34.8 Å². The summed E-state index contributed by atoms with van der Waals surface area (Å²) in [5.74, 6) is -1.39. The number of carboxylic acids is 1. The normalized spacial score (nSPS) is 11.1. The predicted molar refractivity (Wildman–Crippen MR) is 40.2 cm³/mol. The number of rotatable bonds is 1. The van der Waals surface area contributed by atoms with Gasteiger partial charge in [0.25, 0.3) is 0 Å². The van der Waals surface area contributed by atoms with E-state index in [0.29, 0.717) is 6.08 Å². The molecule has 0 fully saturated rings. The molecule has 0 rings (SSSR count). The number of hydrogen-bond donors (Lipinski definition) is 0. The van der Waals surface area contributed by atoms with Crippen molar-refractivity contribution in [1.82, 2.24) is 0 Å². The molecule has 54 valence electrons. The number of carbonyl (C=O) groups is 1. The van der Waals surface area contributed by atoms with Gasteiger partial charge in [-0.15, -0.1) is 0 Å². The largest absolute Gasteiger partial charge is 1.00 e.